The van der Waals surface area contributed by atoms with Gasteiger partial charge in [-0.25, -0.2) is 9.13 Å². The summed E-state index contributed by atoms with van der Waals surface area (Å²) in [5, 5.41) is 10.5. The standard InChI is InChI=1S/C65H126O17P2/c1-55(2)41-33-25-17-12-10-9-11-13-20-29-37-45-62(67)75-52-61(82-65(70)48-40-32-24-23-28-36-44-58(7)8)54-80-84(73,74)78-50-59(66)49-77-83(71,72)79-53-60(81-64(69)47-39-31-22-16-19-27-35-43-57(5)6)51-76-63(68)46-38-30-21-15-14-18-26-34-42-56(3)4/h55-61,66H,9-54H2,1-8H3,(H,71,72)(H,73,74)/t59?,60-,61-/m1/s1. The third-order valence-corrected chi connectivity index (χ3v) is 16.7. The lowest BCUT2D eigenvalue weighted by Crippen LogP contribution is -2.30. The lowest BCUT2D eigenvalue weighted by molar-refractivity contribution is -0.161. The molecule has 5 atom stereocenters. The fourth-order valence-corrected chi connectivity index (χ4v) is 11.2. The predicted octanol–water partition coefficient (Wildman–Crippen LogP) is 17.8. The van der Waals surface area contributed by atoms with Gasteiger partial charge in [0, 0.05) is 25.7 Å². The average Bonchev–Trinajstić information content (AvgIpc) is 3.51. The van der Waals surface area contributed by atoms with Crippen LogP contribution in [0.4, 0.5) is 0 Å². The van der Waals surface area contributed by atoms with Gasteiger partial charge in [0.25, 0.3) is 0 Å². The number of ether oxygens (including phenoxy) is 4. The Morgan fingerprint density at radius 2 is 0.500 bits per heavy atom. The predicted molar refractivity (Wildman–Crippen MR) is 335 cm³/mol. The van der Waals surface area contributed by atoms with Crippen molar-refractivity contribution in [1.29, 1.82) is 0 Å². The van der Waals surface area contributed by atoms with Crippen LogP contribution in [0.1, 0.15) is 312 Å². The summed E-state index contributed by atoms with van der Waals surface area (Å²) in [5.74, 6) is 0.720. The molecule has 17 nitrogen and oxygen atoms in total. The summed E-state index contributed by atoms with van der Waals surface area (Å²) in [7, 11) is -9.89. The van der Waals surface area contributed by atoms with Gasteiger partial charge in [0.2, 0.25) is 0 Å². The van der Waals surface area contributed by atoms with E-state index in [4.69, 9.17) is 37.0 Å². The highest BCUT2D eigenvalue weighted by molar-refractivity contribution is 7.47. The zero-order valence-corrected chi connectivity index (χ0v) is 56.3. The van der Waals surface area contributed by atoms with E-state index in [-0.39, 0.29) is 25.7 Å². The molecule has 0 heterocycles. The molecule has 0 aromatic heterocycles. The zero-order valence-electron chi connectivity index (χ0n) is 54.5. The van der Waals surface area contributed by atoms with E-state index < -0.39 is 97.5 Å². The molecule has 0 rings (SSSR count). The number of hydrogen-bond acceptors (Lipinski definition) is 15. The molecule has 0 amide bonds. The molecule has 0 fully saturated rings. The Morgan fingerprint density at radius 3 is 0.738 bits per heavy atom. The molecule has 0 aliphatic carbocycles. The Labute approximate surface area is 511 Å². The molecule has 498 valence electrons. The molecule has 0 saturated heterocycles. The van der Waals surface area contributed by atoms with Gasteiger partial charge in [-0.3, -0.25) is 37.3 Å². The van der Waals surface area contributed by atoms with Gasteiger partial charge >= 0.3 is 39.5 Å². The van der Waals surface area contributed by atoms with Crippen LogP contribution < -0.4 is 0 Å². The Morgan fingerprint density at radius 1 is 0.298 bits per heavy atom. The number of aliphatic hydroxyl groups excluding tert-OH is 1. The molecule has 3 N–H and O–H groups in total. The number of phosphoric ester groups is 2. The third-order valence-electron chi connectivity index (χ3n) is 14.8. The van der Waals surface area contributed by atoms with Crippen LogP contribution >= 0.6 is 15.6 Å². The molecule has 0 aromatic rings. The van der Waals surface area contributed by atoms with E-state index in [9.17, 15) is 43.2 Å². The highest BCUT2D eigenvalue weighted by atomic mass is 31.2. The molecule has 3 unspecified atom stereocenters. The van der Waals surface area contributed by atoms with Crippen LogP contribution in [0, 0.1) is 23.7 Å². The van der Waals surface area contributed by atoms with Gasteiger partial charge in [0.1, 0.15) is 19.3 Å². The topological polar surface area (TPSA) is 237 Å². The van der Waals surface area contributed by atoms with Crippen molar-refractivity contribution in [2.45, 2.75) is 331 Å². The Hall–Kier alpha value is -1.94. The minimum atomic E-state index is -4.95. The van der Waals surface area contributed by atoms with Gasteiger partial charge in [-0.05, 0) is 49.4 Å². The molecular weight excluding hydrogens is 1110 g/mol. The summed E-state index contributed by atoms with van der Waals surface area (Å²) in [6, 6.07) is 0. The Kier molecular flexibility index (Phi) is 53.9. The van der Waals surface area contributed by atoms with E-state index in [1.54, 1.807) is 0 Å². The summed E-state index contributed by atoms with van der Waals surface area (Å²) in [6.07, 6.45) is 35.1. The number of unbranched alkanes of at least 4 members (excludes halogenated alkanes) is 28. The third kappa shape index (κ3) is 59.0. The van der Waals surface area contributed by atoms with Crippen molar-refractivity contribution in [3.8, 4) is 0 Å². The van der Waals surface area contributed by atoms with E-state index in [1.165, 1.54) is 116 Å². The van der Waals surface area contributed by atoms with Crippen LogP contribution in [-0.2, 0) is 65.4 Å². The Balaban J connectivity index is 5.22. The molecule has 0 bridgehead atoms. The summed E-state index contributed by atoms with van der Waals surface area (Å²) < 4.78 is 68.0. The maximum absolute atomic E-state index is 13.0. The summed E-state index contributed by atoms with van der Waals surface area (Å²) in [6.45, 7) is 13.9. The molecular formula is C65H126O17P2. The number of esters is 4. The van der Waals surface area contributed by atoms with Crippen LogP contribution in [0.25, 0.3) is 0 Å². The molecule has 0 aliphatic heterocycles. The van der Waals surface area contributed by atoms with Crippen LogP contribution in [0.15, 0.2) is 0 Å². The first kappa shape index (κ1) is 82.1. The van der Waals surface area contributed by atoms with E-state index >= 15 is 0 Å². The first-order valence-corrected chi connectivity index (χ1v) is 36.7. The smallest absolute Gasteiger partial charge is 0.462 e. The van der Waals surface area contributed by atoms with E-state index in [1.807, 2.05) is 0 Å². The van der Waals surface area contributed by atoms with Gasteiger partial charge in [0.05, 0.1) is 26.4 Å². The second-order valence-electron chi connectivity index (χ2n) is 25.4. The summed E-state index contributed by atoms with van der Waals surface area (Å²) in [5.41, 5.74) is 0. The first-order valence-electron chi connectivity index (χ1n) is 33.7. The van der Waals surface area contributed by atoms with E-state index in [2.05, 4.69) is 55.4 Å². The molecule has 0 saturated carbocycles. The number of hydrogen-bond donors (Lipinski definition) is 3. The minimum absolute atomic E-state index is 0.101. The molecule has 0 spiro atoms. The summed E-state index contributed by atoms with van der Waals surface area (Å²) in [4.78, 5) is 72.2. The van der Waals surface area contributed by atoms with Gasteiger partial charge < -0.3 is 33.8 Å². The van der Waals surface area contributed by atoms with Crippen molar-refractivity contribution in [2.24, 2.45) is 23.7 Å². The van der Waals surface area contributed by atoms with Gasteiger partial charge in [-0.2, -0.15) is 0 Å². The summed E-state index contributed by atoms with van der Waals surface area (Å²) >= 11 is 0. The maximum Gasteiger partial charge on any atom is 0.472 e. The zero-order chi connectivity index (χ0) is 62.5. The normalized spacial score (nSPS) is 14.4. The largest absolute Gasteiger partial charge is 0.472 e. The van der Waals surface area contributed by atoms with Crippen molar-refractivity contribution < 1.29 is 80.2 Å². The first-order chi connectivity index (χ1) is 40.1. The molecule has 84 heavy (non-hydrogen) atoms. The SMILES string of the molecule is CC(C)CCCCCCCCCCCCCC(=O)OC[C@H](COP(=O)(O)OCC(O)COP(=O)(O)OC[C@@H](COC(=O)CCCCCCCCCCC(C)C)OC(=O)CCCCCCCCCC(C)C)OC(=O)CCCCCCCCC(C)C. The fraction of sp³-hybridized carbons (Fsp3) is 0.938. The number of aliphatic hydroxyl groups is 1. The van der Waals surface area contributed by atoms with Gasteiger partial charge in [-0.1, -0.05) is 261 Å². The molecule has 0 aliphatic rings. The van der Waals surface area contributed by atoms with Crippen LogP contribution in [0.2, 0.25) is 0 Å². The van der Waals surface area contributed by atoms with Crippen molar-refractivity contribution in [1.82, 2.24) is 0 Å². The van der Waals surface area contributed by atoms with Gasteiger partial charge in [-0.15, -0.1) is 0 Å². The Bertz CT molecular complexity index is 1680. The van der Waals surface area contributed by atoms with E-state index in [0.29, 0.717) is 37.5 Å². The van der Waals surface area contributed by atoms with Crippen molar-refractivity contribution in [2.75, 3.05) is 39.6 Å². The van der Waals surface area contributed by atoms with Crippen molar-refractivity contribution in [3.63, 3.8) is 0 Å². The van der Waals surface area contributed by atoms with E-state index in [0.717, 1.165) is 102 Å². The second-order valence-corrected chi connectivity index (χ2v) is 28.3. The van der Waals surface area contributed by atoms with Crippen LogP contribution in [0.3, 0.4) is 0 Å². The molecule has 0 aromatic carbocycles. The molecule has 0 radical (unpaired) electrons. The number of carbonyl (C=O) groups is 4. The van der Waals surface area contributed by atoms with Crippen molar-refractivity contribution >= 4 is 39.5 Å². The van der Waals surface area contributed by atoms with Crippen molar-refractivity contribution in [3.05, 3.63) is 0 Å². The quantitative estimate of drug-likeness (QED) is 0.0222. The number of phosphoric acid groups is 2. The van der Waals surface area contributed by atoms with Gasteiger partial charge in [0.15, 0.2) is 12.2 Å². The monoisotopic (exact) mass is 1240 g/mol. The average molecular weight is 1240 g/mol. The van der Waals surface area contributed by atoms with Crippen LogP contribution in [-0.4, -0.2) is 96.7 Å². The highest BCUT2D eigenvalue weighted by Crippen LogP contribution is 2.45. The minimum Gasteiger partial charge on any atom is -0.462 e. The highest BCUT2D eigenvalue weighted by Gasteiger charge is 2.30. The lowest BCUT2D eigenvalue weighted by Gasteiger charge is -2.21. The number of carbonyl (C=O) groups excluding carboxylic acids is 4. The number of rotatable bonds is 62. The fourth-order valence-electron chi connectivity index (χ4n) is 9.61. The second kappa shape index (κ2) is 55.2. The molecule has 19 heteroatoms. The maximum atomic E-state index is 13.0. The lowest BCUT2D eigenvalue weighted by atomic mass is 10.0. The van der Waals surface area contributed by atoms with Crippen LogP contribution in [0.5, 0.6) is 0 Å².